The van der Waals surface area contributed by atoms with Crippen molar-refractivity contribution < 1.29 is 13.2 Å². The summed E-state index contributed by atoms with van der Waals surface area (Å²) >= 11 is 5.78. The van der Waals surface area contributed by atoms with Crippen LogP contribution in [0.2, 0.25) is 5.02 Å². The summed E-state index contributed by atoms with van der Waals surface area (Å²) in [5.74, 6) is -0.0660. The lowest BCUT2D eigenvalue weighted by Gasteiger charge is -2.21. The molecule has 2 aromatic rings. The highest BCUT2D eigenvalue weighted by Gasteiger charge is 2.15. The van der Waals surface area contributed by atoms with E-state index in [0.717, 1.165) is 12.8 Å². The third-order valence-electron chi connectivity index (χ3n) is 3.98. The molecule has 0 saturated heterocycles. The fourth-order valence-electron chi connectivity index (χ4n) is 2.56. The van der Waals surface area contributed by atoms with Crippen molar-refractivity contribution in [2.45, 2.75) is 24.7 Å². The Bertz CT molecular complexity index is 808. The summed E-state index contributed by atoms with van der Waals surface area (Å²) in [6.07, 6.45) is 1.70. The van der Waals surface area contributed by atoms with Crippen molar-refractivity contribution in [1.29, 1.82) is 0 Å². The number of amides is 1. The van der Waals surface area contributed by atoms with Gasteiger partial charge < -0.3 is 4.90 Å². The highest BCUT2D eigenvalue weighted by molar-refractivity contribution is 7.89. The van der Waals surface area contributed by atoms with Crippen molar-refractivity contribution in [3.63, 3.8) is 0 Å². The zero-order valence-electron chi connectivity index (χ0n) is 14.7. The fourth-order valence-corrected chi connectivity index (χ4v) is 3.70. The molecule has 5 nitrogen and oxygen atoms in total. The Labute approximate surface area is 160 Å². The van der Waals surface area contributed by atoms with Crippen molar-refractivity contribution in [2.75, 3.05) is 19.6 Å². The fraction of sp³-hybridized carbons (Fsp3) is 0.316. The van der Waals surface area contributed by atoms with Gasteiger partial charge in [-0.1, -0.05) is 41.9 Å². The largest absolute Gasteiger partial charge is 0.342 e. The highest BCUT2D eigenvalue weighted by Crippen LogP contribution is 2.13. The Morgan fingerprint density at radius 1 is 1.04 bits per heavy atom. The maximum Gasteiger partial charge on any atom is 0.240 e. The molecule has 0 bridgehead atoms. The van der Waals surface area contributed by atoms with E-state index in [1.807, 2.05) is 18.2 Å². The molecule has 1 N–H and O–H groups in total. The van der Waals surface area contributed by atoms with Crippen molar-refractivity contribution in [2.24, 2.45) is 0 Å². The van der Waals surface area contributed by atoms with E-state index in [9.17, 15) is 13.2 Å². The van der Waals surface area contributed by atoms with Gasteiger partial charge in [-0.2, -0.15) is 0 Å². The van der Waals surface area contributed by atoms with E-state index < -0.39 is 10.0 Å². The van der Waals surface area contributed by atoms with Crippen LogP contribution in [0.15, 0.2) is 59.5 Å². The molecule has 2 rings (SSSR count). The van der Waals surface area contributed by atoms with Crippen LogP contribution in [0.3, 0.4) is 0 Å². The highest BCUT2D eigenvalue weighted by atomic mass is 35.5. The van der Waals surface area contributed by atoms with Crippen molar-refractivity contribution in [3.8, 4) is 0 Å². The van der Waals surface area contributed by atoms with Crippen molar-refractivity contribution in [3.05, 3.63) is 65.2 Å². The predicted octanol–water partition coefficient (Wildman–Crippen LogP) is 3.10. The number of aryl methyl sites for hydroxylation is 1. The molecule has 0 heterocycles. The molecule has 0 aliphatic heterocycles. The molecule has 0 radical (unpaired) electrons. The van der Waals surface area contributed by atoms with E-state index in [0.29, 0.717) is 18.1 Å². The van der Waals surface area contributed by atoms with Crippen LogP contribution in [0.5, 0.6) is 0 Å². The molecule has 0 atom stereocenters. The summed E-state index contributed by atoms with van der Waals surface area (Å²) in [7, 11) is -3.61. The smallest absolute Gasteiger partial charge is 0.240 e. The molecule has 1 amide bonds. The number of nitrogens with one attached hydrogen (secondary N) is 1. The summed E-state index contributed by atoms with van der Waals surface area (Å²) < 4.78 is 27.0. The van der Waals surface area contributed by atoms with Crippen LogP contribution < -0.4 is 4.72 Å². The lowest BCUT2D eigenvalue weighted by molar-refractivity contribution is -0.128. The SMILES string of the molecule is CC(=O)N(CCCc1ccccc1)CCNS(=O)(=O)c1ccc(Cl)cc1. The first kappa shape index (κ1) is 20.4. The quantitative estimate of drug-likeness (QED) is 0.710. The second-order valence-corrected chi connectivity index (χ2v) is 8.15. The summed E-state index contributed by atoms with van der Waals surface area (Å²) in [4.78, 5) is 13.6. The Morgan fingerprint density at radius 3 is 2.31 bits per heavy atom. The first-order chi connectivity index (χ1) is 12.4. The van der Waals surface area contributed by atoms with Crippen molar-refractivity contribution >= 4 is 27.5 Å². The predicted molar refractivity (Wildman–Crippen MR) is 104 cm³/mol. The summed E-state index contributed by atoms with van der Waals surface area (Å²) in [6.45, 7) is 2.58. The summed E-state index contributed by atoms with van der Waals surface area (Å²) in [5.41, 5.74) is 1.22. The number of carbonyl (C=O) groups excluding carboxylic acids is 1. The van der Waals surface area contributed by atoms with E-state index in [1.54, 1.807) is 4.90 Å². The number of benzene rings is 2. The number of hydrogen-bond acceptors (Lipinski definition) is 3. The van der Waals surface area contributed by atoms with E-state index >= 15 is 0 Å². The maximum absolute atomic E-state index is 12.2. The van der Waals surface area contributed by atoms with Gasteiger partial charge in [0, 0.05) is 31.6 Å². The molecule has 0 aliphatic rings. The van der Waals surface area contributed by atoms with Crippen LogP contribution in [-0.2, 0) is 21.2 Å². The summed E-state index contributed by atoms with van der Waals surface area (Å²) in [6, 6.07) is 16.0. The van der Waals surface area contributed by atoms with Gasteiger partial charge in [-0.15, -0.1) is 0 Å². The lowest BCUT2D eigenvalue weighted by atomic mass is 10.1. The van der Waals surface area contributed by atoms with Gasteiger partial charge in [0.25, 0.3) is 0 Å². The molecule has 0 saturated carbocycles. The monoisotopic (exact) mass is 394 g/mol. The zero-order chi connectivity index (χ0) is 19.0. The molecule has 0 aliphatic carbocycles. The van der Waals surface area contributed by atoms with E-state index in [-0.39, 0.29) is 17.3 Å². The van der Waals surface area contributed by atoms with Gasteiger partial charge in [0.05, 0.1) is 4.90 Å². The van der Waals surface area contributed by atoms with E-state index in [2.05, 4.69) is 16.9 Å². The Kier molecular flexibility index (Phi) is 7.63. The first-order valence-electron chi connectivity index (χ1n) is 8.43. The number of rotatable bonds is 9. The normalized spacial score (nSPS) is 11.3. The molecule has 0 fully saturated rings. The average molecular weight is 395 g/mol. The van der Waals surface area contributed by atoms with Gasteiger partial charge >= 0.3 is 0 Å². The van der Waals surface area contributed by atoms with Gasteiger partial charge in [-0.3, -0.25) is 4.79 Å². The molecular weight excluding hydrogens is 372 g/mol. The molecule has 2 aromatic carbocycles. The molecule has 26 heavy (non-hydrogen) atoms. The molecular formula is C19H23ClN2O3S. The first-order valence-corrected chi connectivity index (χ1v) is 10.3. The van der Waals surface area contributed by atoms with Crippen LogP contribution >= 0.6 is 11.6 Å². The zero-order valence-corrected chi connectivity index (χ0v) is 16.3. The van der Waals surface area contributed by atoms with Gasteiger partial charge in [-0.25, -0.2) is 13.1 Å². The standard InChI is InChI=1S/C19H23ClN2O3S/c1-16(23)22(14-5-8-17-6-3-2-4-7-17)15-13-21-26(24,25)19-11-9-18(20)10-12-19/h2-4,6-7,9-12,21H,5,8,13-15H2,1H3. The topological polar surface area (TPSA) is 66.5 Å². The third kappa shape index (κ3) is 6.44. The van der Waals surface area contributed by atoms with Crippen LogP contribution in [0, 0.1) is 0 Å². The minimum absolute atomic E-state index is 0.0660. The molecule has 140 valence electrons. The molecule has 0 aromatic heterocycles. The number of sulfonamides is 1. The maximum atomic E-state index is 12.2. The Hall–Kier alpha value is -1.89. The van der Waals surface area contributed by atoms with E-state index in [4.69, 9.17) is 11.6 Å². The minimum atomic E-state index is -3.61. The van der Waals surface area contributed by atoms with Crippen LogP contribution in [0.25, 0.3) is 0 Å². The Morgan fingerprint density at radius 2 is 1.69 bits per heavy atom. The lowest BCUT2D eigenvalue weighted by Crippen LogP contribution is -2.38. The number of halogens is 1. The third-order valence-corrected chi connectivity index (χ3v) is 5.71. The van der Waals surface area contributed by atoms with Gasteiger partial charge in [0.15, 0.2) is 0 Å². The molecule has 0 spiro atoms. The molecule has 0 unspecified atom stereocenters. The summed E-state index contributed by atoms with van der Waals surface area (Å²) in [5, 5.41) is 0.477. The van der Waals surface area contributed by atoms with Crippen molar-refractivity contribution in [1.82, 2.24) is 9.62 Å². The second kappa shape index (κ2) is 9.71. The van der Waals surface area contributed by atoms with Crippen LogP contribution in [0.4, 0.5) is 0 Å². The molecule has 7 heteroatoms. The van der Waals surface area contributed by atoms with Gasteiger partial charge in [0.1, 0.15) is 0 Å². The number of hydrogen-bond donors (Lipinski definition) is 1. The second-order valence-electron chi connectivity index (χ2n) is 5.95. The number of carbonyl (C=O) groups is 1. The van der Waals surface area contributed by atoms with E-state index in [1.165, 1.54) is 36.8 Å². The minimum Gasteiger partial charge on any atom is -0.342 e. The van der Waals surface area contributed by atoms with Crippen LogP contribution in [0.1, 0.15) is 18.9 Å². The van der Waals surface area contributed by atoms with Gasteiger partial charge in [0.2, 0.25) is 15.9 Å². The van der Waals surface area contributed by atoms with Gasteiger partial charge in [-0.05, 0) is 42.7 Å². The average Bonchev–Trinajstić information content (AvgIpc) is 2.61. The Balaban J connectivity index is 1.82. The van der Waals surface area contributed by atoms with Crippen LogP contribution in [-0.4, -0.2) is 38.9 Å². The number of nitrogens with zero attached hydrogens (tertiary/aromatic N) is 1.